The van der Waals surface area contributed by atoms with Gasteiger partial charge in [0.2, 0.25) is 0 Å². The molecule has 5 heteroatoms. The standard InChI is InChI=1S/C14H12N4O/c15-8-13-11-7-9(12-3-1-2-6-16-12)4-5-10(11)14(19)18-17-13/h1-7H,8,15H2,(H,18,19). The van der Waals surface area contributed by atoms with E-state index in [0.29, 0.717) is 11.1 Å². The smallest absolute Gasteiger partial charge is 0.272 e. The number of hydrogen-bond donors (Lipinski definition) is 2. The van der Waals surface area contributed by atoms with Crippen molar-refractivity contribution in [1.82, 2.24) is 15.2 Å². The summed E-state index contributed by atoms with van der Waals surface area (Å²) in [4.78, 5) is 16.0. The molecule has 0 radical (unpaired) electrons. The molecule has 0 saturated heterocycles. The first-order chi connectivity index (χ1) is 9.29. The summed E-state index contributed by atoms with van der Waals surface area (Å²) < 4.78 is 0. The summed E-state index contributed by atoms with van der Waals surface area (Å²) in [5.41, 5.74) is 7.91. The molecule has 0 saturated carbocycles. The van der Waals surface area contributed by atoms with Gasteiger partial charge in [0, 0.05) is 23.7 Å². The van der Waals surface area contributed by atoms with Gasteiger partial charge < -0.3 is 5.73 Å². The van der Waals surface area contributed by atoms with Gasteiger partial charge >= 0.3 is 0 Å². The van der Waals surface area contributed by atoms with Crippen molar-refractivity contribution in [3.63, 3.8) is 0 Å². The van der Waals surface area contributed by atoms with Gasteiger partial charge in [0.25, 0.3) is 5.56 Å². The highest BCUT2D eigenvalue weighted by molar-refractivity contribution is 5.87. The number of aromatic amines is 1. The molecule has 2 heterocycles. The number of nitrogens with zero attached hydrogens (tertiary/aromatic N) is 2. The van der Waals surface area contributed by atoms with Crippen LogP contribution in [0.15, 0.2) is 47.4 Å². The Morgan fingerprint density at radius 2 is 2.05 bits per heavy atom. The molecular weight excluding hydrogens is 240 g/mol. The highest BCUT2D eigenvalue weighted by Crippen LogP contribution is 2.22. The SMILES string of the molecule is NCc1n[nH]c(=O)c2ccc(-c3ccccn3)cc12. The van der Waals surface area contributed by atoms with Crippen LogP contribution in [0.5, 0.6) is 0 Å². The Labute approximate surface area is 109 Å². The molecule has 19 heavy (non-hydrogen) atoms. The zero-order valence-corrected chi connectivity index (χ0v) is 10.1. The molecular formula is C14H12N4O. The summed E-state index contributed by atoms with van der Waals surface area (Å²) in [5.74, 6) is 0. The Morgan fingerprint density at radius 1 is 1.16 bits per heavy atom. The molecule has 3 rings (SSSR count). The fourth-order valence-corrected chi connectivity index (χ4v) is 2.07. The minimum Gasteiger partial charge on any atom is -0.325 e. The van der Waals surface area contributed by atoms with E-state index in [-0.39, 0.29) is 12.1 Å². The normalized spacial score (nSPS) is 10.8. The maximum absolute atomic E-state index is 11.7. The van der Waals surface area contributed by atoms with Crippen LogP contribution < -0.4 is 11.3 Å². The van der Waals surface area contributed by atoms with Crippen molar-refractivity contribution in [2.45, 2.75) is 6.54 Å². The zero-order valence-electron chi connectivity index (χ0n) is 10.1. The molecule has 0 bridgehead atoms. The van der Waals surface area contributed by atoms with E-state index in [9.17, 15) is 4.79 Å². The number of rotatable bonds is 2. The summed E-state index contributed by atoms with van der Waals surface area (Å²) in [7, 11) is 0. The molecule has 0 amide bonds. The fraction of sp³-hybridized carbons (Fsp3) is 0.0714. The van der Waals surface area contributed by atoms with Crippen molar-refractivity contribution in [2.24, 2.45) is 5.73 Å². The van der Waals surface area contributed by atoms with E-state index in [1.807, 2.05) is 30.3 Å². The molecule has 0 spiro atoms. The van der Waals surface area contributed by atoms with Crippen molar-refractivity contribution in [1.29, 1.82) is 0 Å². The molecule has 5 nitrogen and oxygen atoms in total. The monoisotopic (exact) mass is 252 g/mol. The summed E-state index contributed by atoms with van der Waals surface area (Å²) in [5, 5.41) is 7.79. The molecule has 0 atom stereocenters. The average Bonchev–Trinajstić information content (AvgIpc) is 2.48. The predicted molar refractivity (Wildman–Crippen MR) is 73.5 cm³/mol. The Bertz CT molecular complexity index is 780. The van der Waals surface area contributed by atoms with Crippen LogP contribution >= 0.6 is 0 Å². The van der Waals surface area contributed by atoms with Crippen LogP contribution in [0.3, 0.4) is 0 Å². The molecule has 2 aromatic heterocycles. The van der Waals surface area contributed by atoms with Gasteiger partial charge in [0.05, 0.1) is 16.8 Å². The van der Waals surface area contributed by atoms with Gasteiger partial charge in [0.1, 0.15) is 0 Å². The van der Waals surface area contributed by atoms with Crippen molar-refractivity contribution >= 4 is 10.8 Å². The van der Waals surface area contributed by atoms with E-state index in [1.165, 1.54) is 0 Å². The van der Waals surface area contributed by atoms with E-state index >= 15 is 0 Å². The highest BCUT2D eigenvalue weighted by atomic mass is 16.1. The zero-order chi connectivity index (χ0) is 13.2. The largest absolute Gasteiger partial charge is 0.325 e. The minimum atomic E-state index is -0.209. The van der Waals surface area contributed by atoms with Crippen LogP contribution in [0.1, 0.15) is 5.69 Å². The number of aromatic nitrogens is 3. The van der Waals surface area contributed by atoms with Crippen molar-refractivity contribution < 1.29 is 0 Å². The molecule has 3 N–H and O–H groups in total. The van der Waals surface area contributed by atoms with Crippen molar-refractivity contribution in [3.8, 4) is 11.3 Å². The lowest BCUT2D eigenvalue weighted by atomic mass is 10.0. The molecule has 0 fully saturated rings. The third-order valence-electron chi connectivity index (χ3n) is 3.02. The molecule has 0 aliphatic rings. The van der Waals surface area contributed by atoms with Gasteiger partial charge in [0.15, 0.2) is 0 Å². The van der Waals surface area contributed by atoms with E-state index in [2.05, 4.69) is 15.2 Å². The topological polar surface area (TPSA) is 84.7 Å². The van der Waals surface area contributed by atoms with Crippen LogP contribution in [0.25, 0.3) is 22.0 Å². The Balaban J connectivity index is 2.29. The summed E-state index contributed by atoms with van der Waals surface area (Å²) in [6, 6.07) is 11.3. The number of benzene rings is 1. The number of H-pyrrole nitrogens is 1. The molecule has 94 valence electrons. The first kappa shape index (κ1) is 11.6. The first-order valence-corrected chi connectivity index (χ1v) is 5.92. The first-order valence-electron chi connectivity index (χ1n) is 5.92. The van der Waals surface area contributed by atoms with Crippen LogP contribution in [0.2, 0.25) is 0 Å². The third kappa shape index (κ3) is 2.00. The number of fused-ring (bicyclic) bond motifs is 1. The van der Waals surface area contributed by atoms with E-state index in [1.54, 1.807) is 12.3 Å². The lowest BCUT2D eigenvalue weighted by Crippen LogP contribution is -2.13. The van der Waals surface area contributed by atoms with Gasteiger partial charge in [-0.1, -0.05) is 12.1 Å². The van der Waals surface area contributed by atoms with Crippen LogP contribution in [-0.2, 0) is 6.54 Å². The highest BCUT2D eigenvalue weighted by Gasteiger charge is 2.07. The van der Waals surface area contributed by atoms with Crippen molar-refractivity contribution in [2.75, 3.05) is 0 Å². The Morgan fingerprint density at radius 3 is 2.79 bits per heavy atom. The average molecular weight is 252 g/mol. The van der Waals surface area contributed by atoms with E-state index < -0.39 is 0 Å². The molecule has 0 aliphatic heterocycles. The number of nitrogens with one attached hydrogen (secondary N) is 1. The van der Waals surface area contributed by atoms with Gasteiger partial charge in [-0.25, -0.2) is 5.10 Å². The summed E-state index contributed by atoms with van der Waals surface area (Å²) in [6.07, 6.45) is 1.74. The minimum absolute atomic E-state index is 0.209. The molecule has 1 aromatic carbocycles. The second kappa shape index (κ2) is 4.62. The second-order valence-electron chi connectivity index (χ2n) is 4.18. The quantitative estimate of drug-likeness (QED) is 0.722. The van der Waals surface area contributed by atoms with Crippen LogP contribution in [-0.4, -0.2) is 15.2 Å². The molecule has 0 unspecified atom stereocenters. The lowest BCUT2D eigenvalue weighted by molar-refractivity contribution is 0.900. The maximum Gasteiger partial charge on any atom is 0.272 e. The van der Waals surface area contributed by atoms with Gasteiger partial charge in [-0.05, 0) is 24.3 Å². The van der Waals surface area contributed by atoms with Crippen molar-refractivity contribution in [3.05, 3.63) is 58.6 Å². The summed E-state index contributed by atoms with van der Waals surface area (Å²) >= 11 is 0. The van der Waals surface area contributed by atoms with E-state index in [0.717, 1.165) is 16.6 Å². The lowest BCUT2D eigenvalue weighted by Gasteiger charge is -2.05. The number of hydrogen-bond acceptors (Lipinski definition) is 4. The predicted octanol–water partition coefficient (Wildman–Crippen LogP) is 1.44. The Hall–Kier alpha value is -2.53. The Kier molecular flexibility index (Phi) is 2.81. The summed E-state index contributed by atoms with van der Waals surface area (Å²) in [6.45, 7) is 0.277. The van der Waals surface area contributed by atoms with Crippen LogP contribution in [0, 0.1) is 0 Å². The molecule has 0 aliphatic carbocycles. The molecule has 3 aromatic rings. The van der Waals surface area contributed by atoms with E-state index in [4.69, 9.17) is 5.73 Å². The fourth-order valence-electron chi connectivity index (χ4n) is 2.07. The number of pyridine rings is 1. The van der Waals surface area contributed by atoms with Gasteiger partial charge in [-0.15, -0.1) is 0 Å². The third-order valence-corrected chi connectivity index (χ3v) is 3.02. The maximum atomic E-state index is 11.7. The second-order valence-corrected chi connectivity index (χ2v) is 4.18. The van der Waals surface area contributed by atoms with Gasteiger partial charge in [-0.2, -0.15) is 5.10 Å². The van der Waals surface area contributed by atoms with Gasteiger partial charge in [-0.3, -0.25) is 9.78 Å². The van der Waals surface area contributed by atoms with Crippen LogP contribution in [0.4, 0.5) is 0 Å². The number of nitrogens with two attached hydrogens (primary N) is 1.